The molecule has 0 aliphatic carbocycles. The smallest absolute Gasteiger partial charge is 0.306 e. The van der Waals surface area contributed by atoms with Gasteiger partial charge in [0.15, 0.2) is 0 Å². The van der Waals surface area contributed by atoms with Crippen LogP contribution in [0.25, 0.3) is 0 Å². The summed E-state index contributed by atoms with van der Waals surface area (Å²) < 4.78 is 0. The van der Waals surface area contributed by atoms with Crippen molar-refractivity contribution in [3.8, 4) is 0 Å². The second-order valence-electron chi connectivity index (χ2n) is 3.86. The maximum absolute atomic E-state index is 10.5. The first-order valence-corrected chi connectivity index (χ1v) is 6.18. The third-order valence-corrected chi connectivity index (χ3v) is 2.27. The number of hydrogen-bond acceptors (Lipinski definition) is 4. The number of rotatable bonds is 2. The monoisotopic (exact) mass is 304 g/mol. The number of carbonyl (C=O) groups is 2. The van der Waals surface area contributed by atoms with E-state index in [0.29, 0.717) is 11.4 Å². The molecule has 0 spiro atoms. The highest BCUT2D eigenvalue weighted by atomic mass is 16.5. The van der Waals surface area contributed by atoms with E-state index < -0.39 is 12.1 Å². The van der Waals surface area contributed by atoms with E-state index in [1.165, 1.54) is 11.0 Å². The molecule has 2 aromatic rings. The number of urea groups is 2. The molecule has 0 saturated heterocycles. The summed E-state index contributed by atoms with van der Waals surface area (Å²) in [5, 5.41) is 21.1. The van der Waals surface area contributed by atoms with Crippen molar-refractivity contribution >= 4 is 23.4 Å². The molecule has 0 saturated carbocycles. The van der Waals surface area contributed by atoms with Crippen LogP contribution in [-0.4, -0.2) is 22.5 Å². The van der Waals surface area contributed by atoms with E-state index >= 15 is 0 Å². The predicted molar refractivity (Wildman–Crippen MR) is 80.8 cm³/mol. The van der Waals surface area contributed by atoms with Crippen molar-refractivity contribution in [3.63, 3.8) is 0 Å². The number of carbonyl (C=O) groups excluding carboxylic acids is 2. The van der Waals surface area contributed by atoms with Gasteiger partial charge in [-0.15, -0.1) is 0 Å². The zero-order chi connectivity index (χ0) is 16.2. The van der Waals surface area contributed by atoms with Gasteiger partial charge < -0.3 is 10.6 Å². The standard InChI is InChI=1S/2C7H8N2O2/c2*10-7(9-11)8-6-4-2-1-3-5-6/h2*1-5,11H,(H2,8,9,10). The van der Waals surface area contributed by atoms with Gasteiger partial charge in [0, 0.05) is 11.4 Å². The lowest BCUT2D eigenvalue weighted by Gasteiger charge is -2.01. The first kappa shape index (κ1) is 17.0. The summed E-state index contributed by atoms with van der Waals surface area (Å²) in [6.45, 7) is 0. The molecule has 0 unspecified atom stereocenters. The third kappa shape index (κ3) is 6.89. The molecule has 0 heterocycles. The normalized spacial score (nSPS) is 8.82. The molecule has 0 aliphatic heterocycles. The molecule has 2 aromatic carbocycles. The van der Waals surface area contributed by atoms with Gasteiger partial charge in [-0.1, -0.05) is 36.4 Å². The van der Waals surface area contributed by atoms with Gasteiger partial charge in [0.1, 0.15) is 0 Å². The van der Waals surface area contributed by atoms with Crippen LogP contribution >= 0.6 is 0 Å². The Morgan fingerprint density at radius 3 is 1.23 bits per heavy atom. The van der Waals surface area contributed by atoms with Crippen LogP contribution < -0.4 is 21.6 Å². The molecule has 0 atom stereocenters. The topological polar surface area (TPSA) is 123 Å². The number of hydrogen-bond donors (Lipinski definition) is 6. The summed E-state index contributed by atoms with van der Waals surface area (Å²) >= 11 is 0. The molecule has 4 amide bonds. The lowest BCUT2D eigenvalue weighted by molar-refractivity contribution is 0.172. The van der Waals surface area contributed by atoms with Crippen molar-refractivity contribution < 1.29 is 20.0 Å². The molecule has 6 N–H and O–H groups in total. The van der Waals surface area contributed by atoms with Crippen LogP contribution in [0.3, 0.4) is 0 Å². The number of anilines is 2. The van der Waals surface area contributed by atoms with E-state index in [1.54, 1.807) is 48.5 Å². The van der Waals surface area contributed by atoms with Gasteiger partial charge in [0.25, 0.3) is 0 Å². The Balaban J connectivity index is 0.000000220. The molecule has 8 heteroatoms. The van der Waals surface area contributed by atoms with E-state index in [9.17, 15) is 9.59 Å². The van der Waals surface area contributed by atoms with Crippen molar-refractivity contribution in [2.75, 3.05) is 10.6 Å². The van der Waals surface area contributed by atoms with Gasteiger partial charge in [0.05, 0.1) is 0 Å². The Kier molecular flexibility index (Phi) is 7.51. The Hall–Kier alpha value is -3.10. The number of para-hydroxylation sites is 2. The summed E-state index contributed by atoms with van der Waals surface area (Å²) in [5.74, 6) is 0. The predicted octanol–water partition coefficient (Wildman–Crippen LogP) is 2.39. The third-order valence-electron chi connectivity index (χ3n) is 2.27. The average molecular weight is 304 g/mol. The molecule has 116 valence electrons. The highest BCUT2D eigenvalue weighted by molar-refractivity contribution is 5.88. The fourth-order valence-corrected chi connectivity index (χ4v) is 1.36. The number of benzene rings is 2. The van der Waals surface area contributed by atoms with Crippen LogP contribution in [0.1, 0.15) is 0 Å². The molecular formula is C14H16N4O4. The van der Waals surface area contributed by atoms with Gasteiger partial charge in [-0.25, -0.2) is 20.5 Å². The van der Waals surface area contributed by atoms with Crippen LogP contribution in [-0.2, 0) is 0 Å². The first-order chi connectivity index (χ1) is 10.7. The summed E-state index contributed by atoms with van der Waals surface area (Å²) in [4.78, 5) is 21.0. The highest BCUT2D eigenvalue weighted by Crippen LogP contribution is 2.04. The Morgan fingerprint density at radius 1 is 0.636 bits per heavy atom. The quantitative estimate of drug-likeness (QED) is 0.376. The molecule has 22 heavy (non-hydrogen) atoms. The van der Waals surface area contributed by atoms with Crippen LogP contribution in [0.5, 0.6) is 0 Å². The average Bonchev–Trinajstić information content (AvgIpc) is 2.57. The first-order valence-electron chi connectivity index (χ1n) is 6.18. The van der Waals surface area contributed by atoms with Crippen molar-refractivity contribution in [1.82, 2.24) is 11.0 Å². The SMILES string of the molecule is O=C(NO)Nc1ccccc1.O=C(NO)Nc1ccccc1. The molecule has 0 bridgehead atoms. The van der Waals surface area contributed by atoms with Crippen molar-refractivity contribution in [3.05, 3.63) is 60.7 Å². The van der Waals surface area contributed by atoms with Crippen LogP contribution in [0.2, 0.25) is 0 Å². The van der Waals surface area contributed by atoms with Crippen molar-refractivity contribution in [1.29, 1.82) is 0 Å². The highest BCUT2D eigenvalue weighted by Gasteiger charge is 1.96. The lowest BCUT2D eigenvalue weighted by atomic mass is 10.3. The van der Waals surface area contributed by atoms with Crippen molar-refractivity contribution in [2.24, 2.45) is 0 Å². The summed E-state index contributed by atoms with van der Waals surface area (Å²) in [6.07, 6.45) is 0. The fourth-order valence-electron chi connectivity index (χ4n) is 1.36. The fraction of sp³-hybridized carbons (Fsp3) is 0. The van der Waals surface area contributed by atoms with E-state index in [-0.39, 0.29) is 0 Å². The van der Waals surface area contributed by atoms with Crippen LogP contribution in [0.15, 0.2) is 60.7 Å². The van der Waals surface area contributed by atoms with Gasteiger partial charge in [-0.3, -0.25) is 10.4 Å². The molecule has 0 fully saturated rings. The second-order valence-corrected chi connectivity index (χ2v) is 3.86. The maximum Gasteiger partial charge on any atom is 0.342 e. The number of amides is 4. The number of nitrogens with one attached hydrogen (secondary N) is 4. The van der Waals surface area contributed by atoms with Gasteiger partial charge in [0.2, 0.25) is 0 Å². The summed E-state index contributed by atoms with van der Waals surface area (Å²) in [5.41, 5.74) is 4.20. The molecule has 8 nitrogen and oxygen atoms in total. The van der Waals surface area contributed by atoms with Gasteiger partial charge in [-0.2, -0.15) is 0 Å². The van der Waals surface area contributed by atoms with Crippen molar-refractivity contribution in [2.45, 2.75) is 0 Å². The van der Waals surface area contributed by atoms with E-state index in [4.69, 9.17) is 10.4 Å². The summed E-state index contributed by atoms with van der Waals surface area (Å²) in [6, 6.07) is 16.4. The Labute approximate surface area is 126 Å². The molecule has 0 radical (unpaired) electrons. The number of hydroxylamine groups is 2. The van der Waals surface area contributed by atoms with Crippen LogP contribution in [0.4, 0.5) is 21.0 Å². The van der Waals surface area contributed by atoms with Gasteiger partial charge >= 0.3 is 12.1 Å². The Bertz CT molecular complexity index is 524. The minimum absolute atomic E-state index is 0.638. The van der Waals surface area contributed by atoms with Crippen LogP contribution in [0, 0.1) is 0 Å². The van der Waals surface area contributed by atoms with E-state index in [2.05, 4.69) is 10.6 Å². The zero-order valence-corrected chi connectivity index (χ0v) is 11.5. The zero-order valence-electron chi connectivity index (χ0n) is 11.5. The molecule has 0 aliphatic rings. The lowest BCUT2D eigenvalue weighted by Crippen LogP contribution is -2.24. The van der Waals surface area contributed by atoms with Gasteiger partial charge in [-0.05, 0) is 24.3 Å². The Morgan fingerprint density at radius 2 is 0.955 bits per heavy atom. The molecule has 0 aromatic heterocycles. The molecular weight excluding hydrogens is 288 g/mol. The second kappa shape index (κ2) is 9.75. The summed E-state index contributed by atoms with van der Waals surface area (Å²) in [7, 11) is 0. The largest absolute Gasteiger partial charge is 0.342 e. The minimum atomic E-state index is -0.642. The molecule has 2 rings (SSSR count). The maximum atomic E-state index is 10.5. The van der Waals surface area contributed by atoms with E-state index in [0.717, 1.165) is 0 Å². The minimum Gasteiger partial charge on any atom is -0.306 e. The van der Waals surface area contributed by atoms with E-state index in [1.807, 2.05) is 12.1 Å².